The van der Waals surface area contributed by atoms with Gasteiger partial charge in [0.1, 0.15) is 0 Å². The van der Waals surface area contributed by atoms with Crippen LogP contribution in [0.25, 0.3) is 0 Å². The summed E-state index contributed by atoms with van der Waals surface area (Å²) in [6, 6.07) is 0. The van der Waals surface area contributed by atoms with Crippen molar-refractivity contribution in [2.75, 3.05) is 0 Å². The summed E-state index contributed by atoms with van der Waals surface area (Å²) in [5.41, 5.74) is 0. The topological polar surface area (TPSA) is 34.9 Å². The van der Waals surface area contributed by atoms with Crippen LogP contribution in [0.5, 0.6) is 0 Å². The van der Waals surface area contributed by atoms with Gasteiger partial charge < -0.3 is 4.57 Å². The predicted molar refractivity (Wildman–Crippen MR) is 38.5 cm³/mol. The summed E-state index contributed by atoms with van der Waals surface area (Å²) in [6.07, 6.45) is -1.73. The highest BCUT2D eigenvalue weighted by Gasteiger charge is 2.50. The normalized spacial score (nSPS) is 12.1. The number of hydrogen-bond donors (Lipinski definition) is 0. The van der Waals surface area contributed by atoms with Gasteiger partial charge >= 0.3 is 12.3 Å². The monoisotopic (exact) mass is 210 g/mol. The molecule has 0 aromatic carbocycles. The molecule has 1 heterocycles. The van der Waals surface area contributed by atoms with Gasteiger partial charge in [-0.05, 0) is 0 Å². The summed E-state index contributed by atoms with van der Waals surface area (Å²) in [5, 5.41) is 0. The van der Waals surface area contributed by atoms with Gasteiger partial charge in [0.15, 0.2) is 5.82 Å². The van der Waals surface area contributed by atoms with Crippen LogP contribution in [0.3, 0.4) is 0 Å². The molecule has 0 saturated carbocycles. The molecule has 0 radical (unpaired) electrons. The molecule has 0 bridgehead atoms. The lowest BCUT2D eigenvalue weighted by Gasteiger charge is -2.12. The number of hydrogen-bond acceptors (Lipinski definition) is 2. The van der Waals surface area contributed by atoms with Crippen LogP contribution < -0.4 is 0 Å². The molecule has 0 aliphatic rings. The molecule has 78 valence electrons. The number of imidazole rings is 1. The zero-order valence-corrected chi connectivity index (χ0v) is 7.05. The van der Waals surface area contributed by atoms with Crippen molar-refractivity contribution in [1.82, 2.24) is 9.55 Å². The number of ketones is 1. The number of aryl methyl sites for hydroxylation is 1. The van der Waals surface area contributed by atoms with Gasteiger partial charge in [-0.15, -0.1) is 0 Å². The maximum atomic E-state index is 12.5. The fraction of sp³-hybridized carbons (Fsp3) is 0.429. The van der Waals surface area contributed by atoms with E-state index in [0.29, 0.717) is 0 Å². The van der Waals surface area contributed by atoms with Crippen molar-refractivity contribution in [3.8, 4) is 0 Å². The van der Waals surface area contributed by atoms with Gasteiger partial charge in [0.25, 0.3) is 5.78 Å². The second-order valence-corrected chi connectivity index (χ2v) is 2.61. The lowest BCUT2D eigenvalue weighted by atomic mass is 10.2. The first-order chi connectivity index (χ1) is 6.37. The molecule has 1 aromatic rings. The van der Waals surface area contributed by atoms with E-state index in [9.17, 15) is 22.4 Å². The Kier molecular flexibility index (Phi) is 2.59. The van der Waals surface area contributed by atoms with E-state index in [1.165, 1.54) is 13.2 Å². The standard InChI is InChI=1S/C7H6F4N2O/c1-13-3-2-12-5(13)4(14)7(10,11)6(8)9/h2-3,6H,1H3. The quantitative estimate of drug-likeness (QED) is 0.559. The number of halogens is 4. The molecule has 0 N–H and O–H groups in total. The van der Waals surface area contributed by atoms with Crippen molar-refractivity contribution in [2.45, 2.75) is 12.3 Å². The van der Waals surface area contributed by atoms with E-state index < -0.39 is 24.0 Å². The number of rotatable bonds is 3. The summed E-state index contributed by atoms with van der Waals surface area (Å²) >= 11 is 0. The van der Waals surface area contributed by atoms with Crippen LogP contribution >= 0.6 is 0 Å². The zero-order valence-electron chi connectivity index (χ0n) is 7.05. The van der Waals surface area contributed by atoms with Gasteiger partial charge in [-0.2, -0.15) is 8.78 Å². The van der Waals surface area contributed by atoms with E-state index in [1.54, 1.807) is 0 Å². The van der Waals surface area contributed by atoms with Crippen LogP contribution in [0.4, 0.5) is 17.6 Å². The van der Waals surface area contributed by atoms with Crippen LogP contribution in [0.1, 0.15) is 10.6 Å². The highest BCUT2D eigenvalue weighted by molar-refractivity contribution is 5.98. The maximum absolute atomic E-state index is 12.5. The Morgan fingerprint density at radius 1 is 1.57 bits per heavy atom. The molecule has 3 nitrogen and oxygen atoms in total. The van der Waals surface area contributed by atoms with Crippen LogP contribution in [0, 0.1) is 0 Å². The predicted octanol–water partition coefficient (Wildman–Crippen LogP) is 1.50. The first-order valence-electron chi connectivity index (χ1n) is 3.55. The summed E-state index contributed by atoms with van der Waals surface area (Å²) < 4.78 is 49.6. The molecule has 0 aliphatic heterocycles. The van der Waals surface area contributed by atoms with E-state index in [1.807, 2.05) is 0 Å². The molecule has 0 aliphatic carbocycles. The Balaban J connectivity index is 3.02. The second-order valence-electron chi connectivity index (χ2n) is 2.61. The number of carbonyl (C=O) groups is 1. The van der Waals surface area contributed by atoms with Gasteiger partial charge in [-0.3, -0.25) is 4.79 Å². The van der Waals surface area contributed by atoms with Gasteiger partial charge in [0, 0.05) is 19.4 Å². The van der Waals surface area contributed by atoms with Crippen molar-refractivity contribution < 1.29 is 22.4 Å². The number of carbonyl (C=O) groups excluding carboxylic acids is 1. The maximum Gasteiger partial charge on any atom is 0.372 e. The highest BCUT2D eigenvalue weighted by Crippen LogP contribution is 2.26. The van der Waals surface area contributed by atoms with Gasteiger partial charge in [-0.25, -0.2) is 13.8 Å². The smallest absolute Gasteiger partial charge is 0.331 e. The third-order valence-electron chi connectivity index (χ3n) is 1.60. The number of nitrogens with zero attached hydrogens (tertiary/aromatic N) is 2. The van der Waals surface area contributed by atoms with E-state index in [4.69, 9.17) is 0 Å². The van der Waals surface area contributed by atoms with Gasteiger partial charge in [-0.1, -0.05) is 0 Å². The molecule has 0 atom stereocenters. The van der Waals surface area contributed by atoms with Crippen molar-refractivity contribution in [3.05, 3.63) is 18.2 Å². The Bertz CT molecular complexity index is 347. The third-order valence-corrected chi connectivity index (χ3v) is 1.60. The molecule has 14 heavy (non-hydrogen) atoms. The largest absolute Gasteiger partial charge is 0.372 e. The minimum Gasteiger partial charge on any atom is -0.331 e. The van der Waals surface area contributed by atoms with Gasteiger partial charge in [0.05, 0.1) is 0 Å². The second kappa shape index (κ2) is 3.39. The van der Waals surface area contributed by atoms with E-state index in [0.717, 1.165) is 10.8 Å². The fourth-order valence-corrected chi connectivity index (χ4v) is 0.833. The molecule has 1 rings (SSSR count). The van der Waals surface area contributed by atoms with Gasteiger partial charge in [0.2, 0.25) is 0 Å². The molecule has 7 heteroatoms. The molecular formula is C7H6F4N2O. The summed E-state index contributed by atoms with van der Waals surface area (Å²) in [7, 11) is 1.27. The Labute approximate surface area is 76.4 Å². The van der Waals surface area contributed by atoms with Crippen LogP contribution in [0.2, 0.25) is 0 Å². The average Bonchev–Trinajstić information content (AvgIpc) is 2.49. The molecule has 0 spiro atoms. The first kappa shape index (κ1) is 10.7. The summed E-state index contributed by atoms with van der Waals surface area (Å²) in [5.74, 6) is -7.34. The van der Waals surface area contributed by atoms with Crippen LogP contribution in [-0.2, 0) is 7.05 Å². The number of aromatic nitrogens is 2. The minimum absolute atomic E-state index is 0.685. The van der Waals surface area contributed by atoms with Crippen molar-refractivity contribution in [2.24, 2.45) is 7.05 Å². The lowest BCUT2D eigenvalue weighted by molar-refractivity contribution is -0.0964. The average molecular weight is 210 g/mol. The van der Waals surface area contributed by atoms with Crippen molar-refractivity contribution in [1.29, 1.82) is 0 Å². The molecule has 1 aromatic heterocycles. The number of Topliss-reactive ketones (excluding diaryl/α,β-unsaturated/α-hetero) is 1. The Morgan fingerprint density at radius 3 is 2.50 bits per heavy atom. The summed E-state index contributed by atoms with van der Waals surface area (Å²) in [4.78, 5) is 14.1. The van der Waals surface area contributed by atoms with E-state index >= 15 is 0 Å². The third kappa shape index (κ3) is 1.61. The van der Waals surface area contributed by atoms with Crippen molar-refractivity contribution in [3.63, 3.8) is 0 Å². The molecule has 0 amide bonds. The molecule has 0 unspecified atom stereocenters. The van der Waals surface area contributed by atoms with E-state index in [2.05, 4.69) is 4.98 Å². The van der Waals surface area contributed by atoms with Crippen LogP contribution in [0.15, 0.2) is 12.4 Å². The molecular weight excluding hydrogens is 204 g/mol. The highest BCUT2D eigenvalue weighted by atomic mass is 19.3. The molecule has 0 saturated heterocycles. The van der Waals surface area contributed by atoms with E-state index in [-0.39, 0.29) is 0 Å². The van der Waals surface area contributed by atoms with Crippen molar-refractivity contribution >= 4 is 5.78 Å². The Hall–Kier alpha value is -1.40. The fourth-order valence-electron chi connectivity index (χ4n) is 0.833. The number of alkyl halides is 4. The Morgan fingerprint density at radius 2 is 2.14 bits per heavy atom. The molecule has 0 fully saturated rings. The zero-order chi connectivity index (χ0) is 10.9. The minimum atomic E-state index is -4.68. The lowest BCUT2D eigenvalue weighted by Crippen LogP contribution is -2.37. The SMILES string of the molecule is Cn1ccnc1C(=O)C(F)(F)C(F)F. The summed E-state index contributed by atoms with van der Waals surface area (Å²) in [6.45, 7) is 0. The van der Waals surface area contributed by atoms with Crippen LogP contribution in [-0.4, -0.2) is 27.7 Å². The first-order valence-corrected chi connectivity index (χ1v) is 3.55.